The number of nitrogens with zero attached hydrogens (tertiary/aromatic N) is 2. The third-order valence-corrected chi connectivity index (χ3v) is 6.18. The Balaban J connectivity index is 1.49. The minimum Gasteiger partial charge on any atom is -0.454 e. The Morgan fingerprint density at radius 3 is 2.77 bits per heavy atom. The summed E-state index contributed by atoms with van der Waals surface area (Å²) in [5.41, 5.74) is 1.49. The normalized spacial score (nSPS) is 20.2. The van der Waals surface area contributed by atoms with Crippen LogP contribution in [0.25, 0.3) is 10.9 Å². The molecule has 1 N–H and O–H groups in total. The lowest BCUT2D eigenvalue weighted by Gasteiger charge is -2.22. The monoisotopic (exact) mass is 423 g/mol. The molecule has 8 heteroatoms. The number of amides is 3. The van der Waals surface area contributed by atoms with E-state index in [0.717, 1.165) is 21.4 Å². The first kappa shape index (κ1) is 18.7. The first-order valence-electron chi connectivity index (χ1n) is 9.46. The largest absolute Gasteiger partial charge is 0.454 e. The lowest BCUT2D eigenvalue weighted by Crippen LogP contribution is -2.40. The molecule has 7 nitrogen and oxygen atoms in total. The molecule has 0 radical (unpaired) electrons. The second-order valence-corrected chi connectivity index (χ2v) is 7.91. The number of hydrogen-bond donors (Lipinski definition) is 1. The number of imide groups is 1. The molecule has 0 saturated carbocycles. The Kier molecular flexibility index (Phi) is 4.11. The first-order chi connectivity index (χ1) is 14.4. The number of nitrogens with one attached hydrogen (secondary N) is 1. The van der Waals surface area contributed by atoms with Gasteiger partial charge in [0.1, 0.15) is 5.54 Å². The van der Waals surface area contributed by atoms with E-state index in [1.807, 2.05) is 31.2 Å². The highest BCUT2D eigenvalue weighted by atomic mass is 35.5. The van der Waals surface area contributed by atoms with E-state index < -0.39 is 11.6 Å². The van der Waals surface area contributed by atoms with Crippen LogP contribution in [0.4, 0.5) is 4.79 Å². The van der Waals surface area contributed by atoms with Crippen LogP contribution in [0.15, 0.2) is 42.5 Å². The molecule has 1 aromatic heterocycles. The van der Waals surface area contributed by atoms with Gasteiger partial charge in [0.25, 0.3) is 5.91 Å². The van der Waals surface area contributed by atoms with Gasteiger partial charge in [-0.05, 0) is 43.2 Å². The summed E-state index contributed by atoms with van der Waals surface area (Å²) in [6.45, 7) is 3.69. The predicted molar refractivity (Wildman–Crippen MR) is 110 cm³/mol. The number of pyridine rings is 1. The maximum Gasteiger partial charge on any atom is 0.325 e. The SMILES string of the molecule is Cc1c(Cl)c(CN2C(=O)N[C@](C)(c3ccc4c(c3)OCO4)C2=O)nc2ccccc12. The number of urea groups is 1. The van der Waals surface area contributed by atoms with E-state index in [1.54, 1.807) is 25.1 Å². The van der Waals surface area contributed by atoms with Crippen molar-refractivity contribution >= 4 is 34.4 Å². The number of benzene rings is 2. The van der Waals surface area contributed by atoms with Crippen LogP contribution in [0, 0.1) is 6.92 Å². The molecule has 152 valence electrons. The number of halogens is 1. The molecule has 1 atom stereocenters. The van der Waals surface area contributed by atoms with Gasteiger partial charge in [0.15, 0.2) is 11.5 Å². The Bertz CT molecular complexity index is 1230. The molecule has 0 unspecified atom stereocenters. The van der Waals surface area contributed by atoms with Gasteiger partial charge in [-0.15, -0.1) is 0 Å². The van der Waals surface area contributed by atoms with E-state index in [1.165, 1.54) is 0 Å². The topological polar surface area (TPSA) is 80.8 Å². The number of rotatable bonds is 3. The van der Waals surface area contributed by atoms with E-state index in [4.69, 9.17) is 21.1 Å². The van der Waals surface area contributed by atoms with Crippen molar-refractivity contribution in [3.05, 3.63) is 64.3 Å². The summed E-state index contributed by atoms with van der Waals surface area (Å²) in [5, 5.41) is 4.19. The molecule has 3 amide bonds. The number of carbonyl (C=O) groups is 2. The zero-order valence-electron chi connectivity index (χ0n) is 16.4. The van der Waals surface area contributed by atoms with Crippen molar-refractivity contribution < 1.29 is 19.1 Å². The minimum absolute atomic E-state index is 0.0185. The predicted octanol–water partition coefficient (Wildman–Crippen LogP) is 3.89. The van der Waals surface area contributed by atoms with Crippen LogP contribution in [0.1, 0.15) is 23.7 Å². The van der Waals surface area contributed by atoms with Gasteiger partial charge >= 0.3 is 6.03 Å². The third kappa shape index (κ3) is 2.69. The van der Waals surface area contributed by atoms with Crippen LogP contribution in [0.3, 0.4) is 0 Å². The number of aryl methyl sites for hydroxylation is 1. The average Bonchev–Trinajstić information content (AvgIpc) is 3.30. The number of aromatic nitrogens is 1. The molecule has 2 aliphatic rings. The van der Waals surface area contributed by atoms with Crippen LogP contribution in [0.2, 0.25) is 5.02 Å². The number of fused-ring (bicyclic) bond motifs is 2. The van der Waals surface area contributed by atoms with E-state index in [9.17, 15) is 9.59 Å². The maximum absolute atomic E-state index is 13.3. The smallest absolute Gasteiger partial charge is 0.325 e. The van der Waals surface area contributed by atoms with Gasteiger partial charge < -0.3 is 14.8 Å². The Morgan fingerprint density at radius 2 is 1.93 bits per heavy atom. The summed E-state index contributed by atoms with van der Waals surface area (Å²) in [6.07, 6.45) is 0. The Labute approximate surface area is 177 Å². The second kappa shape index (κ2) is 6.60. The molecule has 0 aliphatic carbocycles. The minimum atomic E-state index is -1.23. The first-order valence-corrected chi connectivity index (χ1v) is 9.84. The van der Waals surface area contributed by atoms with Gasteiger partial charge in [-0.2, -0.15) is 0 Å². The number of hydrogen-bond acceptors (Lipinski definition) is 5. The third-order valence-electron chi connectivity index (χ3n) is 5.68. The number of carbonyl (C=O) groups excluding carboxylic acids is 2. The van der Waals surface area contributed by atoms with Crippen molar-refractivity contribution in [3.8, 4) is 11.5 Å². The van der Waals surface area contributed by atoms with Gasteiger partial charge in [0, 0.05) is 5.39 Å². The van der Waals surface area contributed by atoms with Gasteiger partial charge in [0.05, 0.1) is 22.8 Å². The summed E-state index contributed by atoms with van der Waals surface area (Å²) >= 11 is 6.54. The highest BCUT2D eigenvalue weighted by Crippen LogP contribution is 2.38. The average molecular weight is 424 g/mol. The molecule has 0 spiro atoms. The van der Waals surface area contributed by atoms with Crippen LogP contribution >= 0.6 is 11.6 Å². The summed E-state index contributed by atoms with van der Waals surface area (Å²) < 4.78 is 10.7. The van der Waals surface area contributed by atoms with Crippen molar-refractivity contribution in [2.45, 2.75) is 25.9 Å². The highest BCUT2D eigenvalue weighted by Gasteiger charge is 2.49. The van der Waals surface area contributed by atoms with E-state index in [0.29, 0.717) is 27.8 Å². The molecule has 2 aliphatic heterocycles. The second-order valence-electron chi connectivity index (χ2n) is 7.53. The fraction of sp³-hybridized carbons (Fsp3) is 0.227. The molecular formula is C22H18ClN3O4. The van der Waals surface area contributed by atoms with Crippen molar-refractivity contribution in [2.75, 3.05) is 6.79 Å². The fourth-order valence-corrected chi connectivity index (χ4v) is 4.12. The molecule has 2 aromatic carbocycles. The van der Waals surface area contributed by atoms with Crippen LogP contribution in [-0.4, -0.2) is 28.6 Å². The molecule has 30 heavy (non-hydrogen) atoms. The van der Waals surface area contributed by atoms with Crippen molar-refractivity contribution in [1.29, 1.82) is 0 Å². The summed E-state index contributed by atoms with van der Waals surface area (Å²) in [4.78, 5) is 31.8. The molecule has 1 saturated heterocycles. The molecule has 0 bridgehead atoms. The molecule has 3 aromatic rings. The zero-order valence-corrected chi connectivity index (χ0v) is 17.1. The molecular weight excluding hydrogens is 406 g/mol. The quantitative estimate of drug-likeness (QED) is 0.646. The molecule has 1 fully saturated rings. The highest BCUT2D eigenvalue weighted by molar-refractivity contribution is 6.32. The molecule has 3 heterocycles. The van der Waals surface area contributed by atoms with Gasteiger partial charge in [-0.3, -0.25) is 9.69 Å². The van der Waals surface area contributed by atoms with Crippen molar-refractivity contribution in [1.82, 2.24) is 15.2 Å². The Morgan fingerprint density at radius 1 is 1.17 bits per heavy atom. The molecule has 5 rings (SSSR count). The summed E-state index contributed by atoms with van der Waals surface area (Å²) in [6, 6.07) is 12.3. The maximum atomic E-state index is 13.3. The van der Waals surface area contributed by atoms with E-state index >= 15 is 0 Å². The van der Waals surface area contributed by atoms with E-state index in [-0.39, 0.29) is 19.2 Å². The summed E-state index contributed by atoms with van der Waals surface area (Å²) in [7, 11) is 0. The van der Waals surface area contributed by atoms with Crippen LogP contribution in [0.5, 0.6) is 11.5 Å². The number of para-hydroxylation sites is 1. The summed E-state index contributed by atoms with van der Waals surface area (Å²) in [5.74, 6) is 0.776. The zero-order chi connectivity index (χ0) is 21.0. The van der Waals surface area contributed by atoms with Gasteiger partial charge in [0.2, 0.25) is 6.79 Å². The van der Waals surface area contributed by atoms with Crippen molar-refractivity contribution in [2.24, 2.45) is 0 Å². The van der Waals surface area contributed by atoms with Gasteiger partial charge in [-0.1, -0.05) is 35.9 Å². The standard InChI is InChI=1S/C22H18ClN3O4/c1-12-14-5-3-4-6-15(14)24-16(19(12)23)10-26-20(27)22(2,25-21(26)28)13-7-8-17-18(9-13)30-11-29-17/h3-9H,10-11H2,1-2H3,(H,25,28)/t22-/m1/s1. The number of ether oxygens (including phenoxy) is 2. The van der Waals surface area contributed by atoms with Gasteiger partial charge in [-0.25, -0.2) is 9.78 Å². The Hall–Kier alpha value is -3.32. The lowest BCUT2D eigenvalue weighted by molar-refractivity contribution is -0.131. The van der Waals surface area contributed by atoms with Crippen LogP contribution < -0.4 is 14.8 Å². The van der Waals surface area contributed by atoms with Crippen molar-refractivity contribution in [3.63, 3.8) is 0 Å². The van der Waals surface area contributed by atoms with E-state index in [2.05, 4.69) is 10.3 Å². The fourth-order valence-electron chi connectivity index (χ4n) is 3.92. The van der Waals surface area contributed by atoms with Crippen LogP contribution in [-0.2, 0) is 16.9 Å². The lowest BCUT2D eigenvalue weighted by atomic mass is 9.91.